The Hall–Kier alpha value is -1.82. The van der Waals surface area contributed by atoms with Crippen LogP contribution in [0.15, 0.2) is 18.2 Å². The lowest BCUT2D eigenvalue weighted by Gasteiger charge is -2.46. The Labute approximate surface area is 124 Å². The molecule has 0 saturated carbocycles. The lowest BCUT2D eigenvalue weighted by Crippen LogP contribution is -2.52. The summed E-state index contributed by atoms with van der Waals surface area (Å²) in [4.78, 5) is 15.3. The van der Waals surface area contributed by atoms with Gasteiger partial charge in [-0.2, -0.15) is 0 Å². The highest BCUT2D eigenvalue weighted by atomic mass is 16.6. The molecule has 1 aromatic carbocycles. The van der Waals surface area contributed by atoms with Crippen LogP contribution in [0.1, 0.15) is 19.3 Å². The zero-order chi connectivity index (χ0) is 15.0. The van der Waals surface area contributed by atoms with Crippen molar-refractivity contribution in [2.45, 2.75) is 25.3 Å². The quantitative estimate of drug-likeness (QED) is 0.513. The summed E-state index contributed by atoms with van der Waals surface area (Å²) < 4.78 is 0. The van der Waals surface area contributed by atoms with Gasteiger partial charge in [-0.15, -0.1) is 0 Å². The number of hydrogen-bond donors (Lipinski definition) is 1. The molecule has 2 aliphatic heterocycles. The summed E-state index contributed by atoms with van der Waals surface area (Å²) >= 11 is 0. The fraction of sp³-hybridized carbons (Fsp3) is 0.600. The lowest BCUT2D eigenvalue weighted by molar-refractivity contribution is -0.384. The van der Waals surface area contributed by atoms with Gasteiger partial charge in [0.1, 0.15) is 0 Å². The van der Waals surface area contributed by atoms with Crippen molar-refractivity contribution in [2.24, 2.45) is 5.92 Å². The molecule has 2 unspecified atom stereocenters. The molecule has 114 valence electrons. The number of nitrogen functional groups attached to an aromatic ring is 1. The predicted molar refractivity (Wildman–Crippen MR) is 83.5 cm³/mol. The van der Waals surface area contributed by atoms with Crippen molar-refractivity contribution in [3.63, 3.8) is 0 Å². The van der Waals surface area contributed by atoms with Crippen molar-refractivity contribution in [3.8, 4) is 0 Å². The van der Waals surface area contributed by atoms with E-state index in [4.69, 9.17) is 5.73 Å². The molecule has 0 aliphatic carbocycles. The normalized spacial score (nSPS) is 26.4. The van der Waals surface area contributed by atoms with Crippen LogP contribution in [0, 0.1) is 16.0 Å². The van der Waals surface area contributed by atoms with Gasteiger partial charge < -0.3 is 15.5 Å². The van der Waals surface area contributed by atoms with Gasteiger partial charge in [-0.05, 0) is 44.8 Å². The summed E-state index contributed by atoms with van der Waals surface area (Å²) in [6, 6.07) is 5.57. The highest BCUT2D eigenvalue weighted by Gasteiger charge is 2.34. The van der Waals surface area contributed by atoms with Gasteiger partial charge in [-0.1, -0.05) is 0 Å². The molecule has 0 aromatic heterocycles. The first-order chi connectivity index (χ1) is 10.0. The van der Waals surface area contributed by atoms with Gasteiger partial charge in [0.2, 0.25) is 0 Å². The SMILES string of the molecule is CN1CCCC2CN(c3cc(N)cc([N+](=O)[O-])c3)CCC21. The van der Waals surface area contributed by atoms with Crippen LogP contribution >= 0.6 is 0 Å². The minimum atomic E-state index is -0.374. The lowest BCUT2D eigenvalue weighted by atomic mass is 9.84. The van der Waals surface area contributed by atoms with Crippen LogP contribution in [-0.4, -0.2) is 42.5 Å². The Morgan fingerprint density at radius 2 is 2.10 bits per heavy atom. The molecule has 3 rings (SSSR count). The third-order valence-corrected chi connectivity index (χ3v) is 4.85. The van der Waals surface area contributed by atoms with E-state index in [1.807, 2.05) is 6.07 Å². The summed E-state index contributed by atoms with van der Waals surface area (Å²) in [7, 11) is 2.21. The monoisotopic (exact) mass is 290 g/mol. The van der Waals surface area contributed by atoms with Gasteiger partial charge in [-0.25, -0.2) is 0 Å². The maximum Gasteiger partial charge on any atom is 0.273 e. The highest BCUT2D eigenvalue weighted by molar-refractivity contribution is 5.63. The molecular weight excluding hydrogens is 268 g/mol. The van der Waals surface area contributed by atoms with Gasteiger partial charge in [-0.3, -0.25) is 10.1 Å². The minimum Gasteiger partial charge on any atom is -0.398 e. The number of non-ortho nitro benzene ring substituents is 1. The number of rotatable bonds is 2. The minimum absolute atomic E-state index is 0.0767. The number of likely N-dealkylation sites (tertiary alicyclic amines) is 1. The Morgan fingerprint density at radius 1 is 1.29 bits per heavy atom. The second kappa shape index (κ2) is 5.52. The fourth-order valence-corrected chi connectivity index (χ4v) is 3.79. The maximum atomic E-state index is 11.0. The Morgan fingerprint density at radius 3 is 2.86 bits per heavy atom. The van der Waals surface area contributed by atoms with Gasteiger partial charge in [0.05, 0.1) is 4.92 Å². The van der Waals surface area contributed by atoms with E-state index in [-0.39, 0.29) is 10.6 Å². The maximum absolute atomic E-state index is 11.0. The summed E-state index contributed by atoms with van der Waals surface area (Å²) in [5, 5.41) is 11.0. The molecule has 6 heteroatoms. The molecule has 6 nitrogen and oxygen atoms in total. The average Bonchev–Trinajstić information content (AvgIpc) is 2.46. The molecule has 2 saturated heterocycles. The summed E-state index contributed by atoms with van der Waals surface area (Å²) in [5.74, 6) is 0.651. The number of nitro groups is 1. The zero-order valence-corrected chi connectivity index (χ0v) is 12.4. The second-order valence-electron chi connectivity index (χ2n) is 6.22. The van der Waals surface area contributed by atoms with E-state index >= 15 is 0 Å². The van der Waals surface area contributed by atoms with Crippen LogP contribution in [0.5, 0.6) is 0 Å². The Kier molecular flexibility index (Phi) is 3.71. The number of nitrogens with two attached hydrogens (primary N) is 1. The Balaban J connectivity index is 1.80. The van der Waals surface area contributed by atoms with E-state index < -0.39 is 0 Å². The number of benzene rings is 1. The molecule has 21 heavy (non-hydrogen) atoms. The van der Waals surface area contributed by atoms with Crippen molar-refractivity contribution in [1.82, 2.24) is 4.90 Å². The molecule has 2 fully saturated rings. The molecule has 2 atom stereocenters. The first-order valence-corrected chi connectivity index (χ1v) is 7.55. The van der Waals surface area contributed by atoms with E-state index in [9.17, 15) is 10.1 Å². The first kappa shape index (κ1) is 14.1. The molecule has 2 N–H and O–H groups in total. The summed E-state index contributed by atoms with van der Waals surface area (Å²) in [6.07, 6.45) is 3.60. The molecule has 0 spiro atoms. The summed E-state index contributed by atoms with van der Waals surface area (Å²) in [5.41, 5.74) is 7.24. The standard InChI is InChI=1S/C15H22N4O2/c1-17-5-2-3-11-10-18(6-4-15(11)17)13-7-12(16)8-14(9-13)19(20)21/h7-9,11,15H,2-6,10,16H2,1H3. The molecule has 2 aliphatic rings. The van der Waals surface area contributed by atoms with Crippen molar-refractivity contribution < 1.29 is 4.92 Å². The van der Waals surface area contributed by atoms with Crippen LogP contribution in [-0.2, 0) is 0 Å². The first-order valence-electron chi connectivity index (χ1n) is 7.55. The van der Waals surface area contributed by atoms with Crippen LogP contribution < -0.4 is 10.6 Å². The number of anilines is 2. The van der Waals surface area contributed by atoms with E-state index in [0.29, 0.717) is 17.6 Å². The fourth-order valence-electron chi connectivity index (χ4n) is 3.79. The van der Waals surface area contributed by atoms with Crippen molar-refractivity contribution in [1.29, 1.82) is 0 Å². The van der Waals surface area contributed by atoms with Gasteiger partial charge in [0, 0.05) is 42.6 Å². The van der Waals surface area contributed by atoms with Gasteiger partial charge in [0.15, 0.2) is 0 Å². The third-order valence-electron chi connectivity index (χ3n) is 4.85. The van der Waals surface area contributed by atoms with E-state index in [1.165, 1.54) is 25.5 Å². The van der Waals surface area contributed by atoms with Crippen LogP contribution in [0.2, 0.25) is 0 Å². The average molecular weight is 290 g/mol. The number of hydrogen-bond acceptors (Lipinski definition) is 5. The zero-order valence-electron chi connectivity index (χ0n) is 12.4. The largest absolute Gasteiger partial charge is 0.398 e. The Bertz CT molecular complexity index is 548. The number of nitro benzene ring substituents is 1. The van der Waals surface area contributed by atoms with E-state index in [0.717, 1.165) is 25.2 Å². The van der Waals surface area contributed by atoms with Crippen LogP contribution in [0.25, 0.3) is 0 Å². The molecule has 1 aromatic rings. The van der Waals surface area contributed by atoms with E-state index in [1.54, 1.807) is 6.07 Å². The molecule has 0 bridgehead atoms. The van der Waals surface area contributed by atoms with Crippen molar-refractivity contribution in [3.05, 3.63) is 28.3 Å². The number of nitrogens with zero attached hydrogens (tertiary/aromatic N) is 3. The molecule has 0 amide bonds. The van der Waals surface area contributed by atoms with Crippen LogP contribution in [0.3, 0.4) is 0 Å². The summed E-state index contributed by atoms with van der Waals surface area (Å²) in [6.45, 7) is 3.09. The van der Waals surface area contributed by atoms with Gasteiger partial charge in [0.25, 0.3) is 5.69 Å². The molecular formula is C15H22N4O2. The smallest absolute Gasteiger partial charge is 0.273 e. The van der Waals surface area contributed by atoms with Crippen molar-refractivity contribution >= 4 is 17.1 Å². The number of piperidine rings is 2. The predicted octanol–water partition coefficient (Wildman–Crippen LogP) is 2.10. The highest BCUT2D eigenvalue weighted by Crippen LogP contribution is 2.33. The third kappa shape index (κ3) is 2.81. The van der Waals surface area contributed by atoms with E-state index in [2.05, 4.69) is 16.8 Å². The van der Waals surface area contributed by atoms with Crippen molar-refractivity contribution in [2.75, 3.05) is 37.3 Å². The number of fused-ring (bicyclic) bond motifs is 1. The topological polar surface area (TPSA) is 75.6 Å². The van der Waals surface area contributed by atoms with Crippen LogP contribution in [0.4, 0.5) is 17.1 Å². The molecule has 0 radical (unpaired) electrons. The van der Waals surface area contributed by atoms with Gasteiger partial charge >= 0.3 is 0 Å². The second-order valence-corrected chi connectivity index (χ2v) is 6.22. The molecule has 2 heterocycles.